The first-order chi connectivity index (χ1) is 12.6. The molecular weight excluding hydrogens is 370 g/mol. The van der Waals surface area contributed by atoms with Crippen molar-refractivity contribution in [2.75, 3.05) is 11.1 Å². The normalized spacial score (nSPS) is 10.5. The van der Waals surface area contributed by atoms with Crippen LogP contribution in [0.5, 0.6) is 0 Å². The molecule has 0 aliphatic heterocycles. The molecule has 7 nitrogen and oxygen atoms in total. The van der Waals surface area contributed by atoms with Crippen LogP contribution in [0.2, 0.25) is 0 Å². The predicted octanol–water partition coefficient (Wildman–Crippen LogP) is 3.22. The molecule has 1 aromatic carbocycles. The van der Waals surface area contributed by atoms with Gasteiger partial charge in [0.2, 0.25) is 11.8 Å². The predicted molar refractivity (Wildman–Crippen MR) is 99.1 cm³/mol. The van der Waals surface area contributed by atoms with Crippen LogP contribution in [0.1, 0.15) is 22.2 Å². The van der Waals surface area contributed by atoms with Crippen LogP contribution in [0.15, 0.2) is 39.3 Å². The number of aryl methyl sites for hydroxylation is 1. The molecule has 0 spiro atoms. The number of aromatic nitrogens is 3. The number of nitriles is 1. The van der Waals surface area contributed by atoms with Gasteiger partial charge in [-0.05, 0) is 24.6 Å². The lowest BCUT2D eigenvalue weighted by atomic mass is 10.1. The van der Waals surface area contributed by atoms with Gasteiger partial charge in [0.15, 0.2) is 0 Å². The molecule has 0 unspecified atom stereocenters. The van der Waals surface area contributed by atoms with Crippen molar-refractivity contribution in [1.29, 1.82) is 5.26 Å². The standard InChI is InChI=1S/C17H15N5O2S2/c1-11-19-14(9-25-11)8-16-21-22-17(24-16)26-10-15(23)20-13-4-2-12(3-5-13)6-7-18/h2-5,9H,6,8,10H2,1H3,(H,20,23). The number of carbonyl (C=O) groups excluding carboxylic acids is 1. The topological polar surface area (TPSA) is 105 Å². The molecule has 0 aliphatic rings. The van der Waals surface area contributed by atoms with E-state index >= 15 is 0 Å². The Morgan fingerprint density at radius 2 is 2.15 bits per heavy atom. The number of amides is 1. The van der Waals surface area contributed by atoms with Crippen molar-refractivity contribution < 1.29 is 9.21 Å². The van der Waals surface area contributed by atoms with Crippen LogP contribution in [0, 0.1) is 18.3 Å². The molecule has 2 aromatic heterocycles. The van der Waals surface area contributed by atoms with Gasteiger partial charge in [0.1, 0.15) is 0 Å². The van der Waals surface area contributed by atoms with Crippen molar-refractivity contribution in [2.45, 2.75) is 25.0 Å². The molecule has 26 heavy (non-hydrogen) atoms. The van der Waals surface area contributed by atoms with E-state index in [1.54, 1.807) is 23.5 Å². The summed E-state index contributed by atoms with van der Waals surface area (Å²) in [6.45, 7) is 1.94. The molecule has 9 heteroatoms. The molecular formula is C17H15N5O2S2. The highest BCUT2D eigenvalue weighted by atomic mass is 32.2. The summed E-state index contributed by atoms with van der Waals surface area (Å²) in [5.74, 6) is 0.474. The third-order valence-corrected chi connectivity index (χ3v) is 4.94. The molecule has 2 heterocycles. The zero-order valence-corrected chi connectivity index (χ0v) is 15.6. The third kappa shape index (κ3) is 5.15. The van der Waals surface area contributed by atoms with Crippen molar-refractivity contribution in [3.05, 3.63) is 51.8 Å². The van der Waals surface area contributed by atoms with Gasteiger partial charge in [-0.15, -0.1) is 21.5 Å². The van der Waals surface area contributed by atoms with Gasteiger partial charge in [0, 0.05) is 11.1 Å². The van der Waals surface area contributed by atoms with E-state index < -0.39 is 0 Å². The molecule has 0 saturated heterocycles. The highest BCUT2D eigenvalue weighted by Gasteiger charge is 2.11. The SMILES string of the molecule is Cc1nc(Cc2nnc(SCC(=O)Nc3ccc(CC#N)cc3)o2)cs1. The van der Waals surface area contributed by atoms with Crippen LogP contribution in [-0.4, -0.2) is 26.8 Å². The lowest BCUT2D eigenvalue weighted by Crippen LogP contribution is -2.13. The molecule has 132 valence electrons. The second kappa shape index (κ2) is 8.60. The second-order valence-electron chi connectivity index (χ2n) is 5.37. The van der Waals surface area contributed by atoms with Gasteiger partial charge in [0.25, 0.3) is 5.22 Å². The van der Waals surface area contributed by atoms with Gasteiger partial charge in [-0.1, -0.05) is 23.9 Å². The van der Waals surface area contributed by atoms with Gasteiger partial charge in [0.05, 0.1) is 35.4 Å². The number of nitrogens with zero attached hydrogens (tertiary/aromatic N) is 4. The number of hydrogen-bond donors (Lipinski definition) is 1. The smallest absolute Gasteiger partial charge is 0.277 e. The van der Waals surface area contributed by atoms with E-state index in [1.165, 1.54) is 11.8 Å². The molecule has 0 aliphatic carbocycles. The number of benzene rings is 1. The minimum absolute atomic E-state index is 0.164. The highest BCUT2D eigenvalue weighted by molar-refractivity contribution is 7.99. The maximum absolute atomic E-state index is 12.0. The summed E-state index contributed by atoms with van der Waals surface area (Å²) in [6.07, 6.45) is 0.836. The van der Waals surface area contributed by atoms with E-state index in [9.17, 15) is 4.79 Å². The van der Waals surface area contributed by atoms with Gasteiger partial charge < -0.3 is 9.73 Å². The average Bonchev–Trinajstić information content (AvgIpc) is 3.24. The number of nitrogens with one attached hydrogen (secondary N) is 1. The van der Waals surface area contributed by atoms with Gasteiger partial charge in [-0.2, -0.15) is 5.26 Å². The Morgan fingerprint density at radius 3 is 2.85 bits per heavy atom. The van der Waals surface area contributed by atoms with Crippen molar-refractivity contribution in [1.82, 2.24) is 15.2 Å². The monoisotopic (exact) mass is 385 g/mol. The number of rotatable bonds is 7. The fraction of sp³-hybridized carbons (Fsp3) is 0.235. The summed E-state index contributed by atoms with van der Waals surface area (Å²) >= 11 is 2.76. The molecule has 3 aromatic rings. The van der Waals surface area contributed by atoms with E-state index in [-0.39, 0.29) is 11.7 Å². The van der Waals surface area contributed by atoms with Crippen LogP contribution < -0.4 is 5.32 Å². The van der Waals surface area contributed by atoms with E-state index in [2.05, 4.69) is 26.6 Å². The summed E-state index contributed by atoms with van der Waals surface area (Å²) in [4.78, 5) is 16.4. The van der Waals surface area contributed by atoms with E-state index in [0.29, 0.717) is 29.6 Å². The van der Waals surface area contributed by atoms with Crippen molar-refractivity contribution >= 4 is 34.7 Å². The number of thioether (sulfide) groups is 1. The Kier molecular flexibility index (Phi) is 5.99. The van der Waals surface area contributed by atoms with Gasteiger partial charge in [-0.25, -0.2) is 4.98 Å². The van der Waals surface area contributed by atoms with Crippen molar-refractivity contribution in [2.24, 2.45) is 0 Å². The van der Waals surface area contributed by atoms with Crippen molar-refractivity contribution in [3.63, 3.8) is 0 Å². The molecule has 0 radical (unpaired) electrons. The molecule has 0 fully saturated rings. The minimum Gasteiger partial charge on any atom is -0.416 e. The first-order valence-electron chi connectivity index (χ1n) is 7.74. The van der Waals surface area contributed by atoms with Crippen molar-refractivity contribution in [3.8, 4) is 6.07 Å². The first kappa shape index (κ1) is 18.1. The third-order valence-electron chi connectivity index (χ3n) is 3.29. The average molecular weight is 385 g/mol. The summed E-state index contributed by atoms with van der Waals surface area (Å²) in [5.41, 5.74) is 2.49. The fourth-order valence-corrected chi connectivity index (χ4v) is 3.33. The molecule has 0 atom stereocenters. The maximum atomic E-state index is 12.0. The largest absolute Gasteiger partial charge is 0.416 e. The lowest BCUT2D eigenvalue weighted by molar-refractivity contribution is -0.113. The Hall–Kier alpha value is -2.70. The molecule has 1 amide bonds. The molecule has 0 bridgehead atoms. The quantitative estimate of drug-likeness (QED) is 0.623. The number of thiazole rings is 1. The van der Waals surface area contributed by atoms with Crippen LogP contribution in [0.3, 0.4) is 0 Å². The zero-order valence-electron chi connectivity index (χ0n) is 13.9. The van der Waals surface area contributed by atoms with E-state index in [1.807, 2.05) is 24.4 Å². The summed E-state index contributed by atoms with van der Waals surface area (Å²) < 4.78 is 5.53. The number of hydrogen-bond acceptors (Lipinski definition) is 8. The Labute approximate surface area is 158 Å². The Bertz CT molecular complexity index is 927. The first-order valence-corrected chi connectivity index (χ1v) is 9.61. The number of carbonyl (C=O) groups is 1. The fourth-order valence-electron chi connectivity index (χ4n) is 2.13. The van der Waals surface area contributed by atoms with E-state index in [4.69, 9.17) is 9.68 Å². The number of anilines is 1. The highest BCUT2D eigenvalue weighted by Crippen LogP contribution is 2.19. The second-order valence-corrected chi connectivity index (χ2v) is 7.35. The summed E-state index contributed by atoms with van der Waals surface area (Å²) in [5, 5.41) is 22.7. The Morgan fingerprint density at radius 1 is 1.35 bits per heavy atom. The minimum atomic E-state index is -0.169. The zero-order chi connectivity index (χ0) is 18.4. The molecule has 0 saturated carbocycles. The lowest BCUT2D eigenvalue weighted by Gasteiger charge is -2.04. The van der Waals surface area contributed by atoms with Crippen LogP contribution >= 0.6 is 23.1 Å². The van der Waals surface area contributed by atoms with Gasteiger partial charge in [-0.3, -0.25) is 4.79 Å². The summed E-state index contributed by atoms with van der Waals surface area (Å²) in [6, 6.07) is 9.26. The Balaban J connectivity index is 1.48. The maximum Gasteiger partial charge on any atom is 0.277 e. The van der Waals surface area contributed by atoms with E-state index in [0.717, 1.165) is 16.3 Å². The molecule has 3 rings (SSSR count). The summed E-state index contributed by atoms with van der Waals surface area (Å²) in [7, 11) is 0. The van der Waals surface area contributed by atoms with Gasteiger partial charge >= 0.3 is 0 Å². The van der Waals surface area contributed by atoms with Crippen LogP contribution in [0.25, 0.3) is 0 Å². The van der Waals surface area contributed by atoms with Crippen LogP contribution in [-0.2, 0) is 17.6 Å². The van der Waals surface area contributed by atoms with Crippen LogP contribution in [0.4, 0.5) is 5.69 Å². The molecule has 1 N–H and O–H groups in total.